The molecular weight excluding hydrogens is 347 g/mol. The van der Waals surface area contributed by atoms with Gasteiger partial charge in [-0.15, -0.1) is 0 Å². The molecule has 5 saturated heterocycles. The monoisotopic (exact) mass is 366 g/mol. The van der Waals surface area contributed by atoms with E-state index in [1.807, 2.05) is 0 Å². The summed E-state index contributed by atoms with van der Waals surface area (Å²) in [6.45, 7) is 4.68. The molecule has 5 aliphatic heterocycles. The molecular formula is C12H20ClN4O5P. The SMILES string of the molecule is C1CN2CCN1CC2.O=C1OCCN1P(=O)(Cl)N1CCOC1=O. The molecule has 0 atom stereocenters. The third kappa shape index (κ3) is 3.57. The summed E-state index contributed by atoms with van der Waals surface area (Å²) in [5.74, 6) is 0. The van der Waals surface area contributed by atoms with E-state index in [-0.39, 0.29) is 26.3 Å². The number of rotatable bonds is 2. The fourth-order valence-corrected chi connectivity index (χ4v) is 5.13. The van der Waals surface area contributed by atoms with Crippen LogP contribution in [-0.4, -0.2) is 96.9 Å². The molecule has 23 heavy (non-hydrogen) atoms. The zero-order valence-electron chi connectivity index (χ0n) is 12.7. The Morgan fingerprint density at radius 1 is 0.739 bits per heavy atom. The molecule has 5 rings (SSSR count). The Balaban J connectivity index is 0.000000162. The second-order valence-electron chi connectivity index (χ2n) is 5.63. The number of piperazine rings is 3. The molecule has 0 radical (unpaired) electrons. The van der Waals surface area contributed by atoms with Crippen molar-refractivity contribution in [3.63, 3.8) is 0 Å². The number of hydrogen-bond donors (Lipinski definition) is 0. The summed E-state index contributed by atoms with van der Waals surface area (Å²) in [7, 11) is 0. The fourth-order valence-electron chi connectivity index (χ4n) is 2.87. The van der Waals surface area contributed by atoms with Gasteiger partial charge in [0.1, 0.15) is 13.2 Å². The van der Waals surface area contributed by atoms with E-state index in [0.29, 0.717) is 0 Å². The van der Waals surface area contributed by atoms with Crippen LogP contribution in [0.15, 0.2) is 0 Å². The largest absolute Gasteiger partial charge is 0.447 e. The summed E-state index contributed by atoms with van der Waals surface area (Å²) in [6, 6.07) is 0. The summed E-state index contributed by atoms with van der Waals surface area (Å²) in [5, 5.41) is 0. The van der Waals surface area contributed by atoms with E-state index < -0.39 is 19.0 Å². The van der Waals surface area contributed by atoms with E-state index in [2.05, 4.69) is 19.3 Å². The van der Waals surface area contributed by atoms with Crippen molar-refractivity contribution in [2.24, 2.45) is 0 Å². The molecule has 130 valence electrons. The molecule has 5 fully saturated rings. The first-order valence-electron chi connectivity index (χ1n) is 7.62. The molecule has 0 unspecified atom stereocenters. The number of cyclic esters (lactones) is 2. The van der Waals surface area contributed by atoms with Gasteiger partial charge in [-0.05, 0) is 11.2 Å². The van der Waals surface area contributed by atoms with Crippen molar-refractivity contribution in [1.29, 1.82) is 0 Å². The summed E-state index contributed by atoms with van der Waals surface area (Å²) < 4.78 is 23.0. The first kappa shape index (κ1) is 16.8. The average Bonchev–Trinajstić information content (AvgIpc) is 3.19. The zero-order valence-corrected chi connectivity index (χ0v) is 14.4. The van der Waals surface area contributed by atoms with Gasteiger partial charge in [0.25, 0.3) is 0 Å². The lowest BCUT2D eigenvalue weighted by Crippen LogP contribution is -2.55. The molecule has 0 aromatic carbocycles. The Morgan fingerprint density at radius 3 is 1.30 bits per heavy atom. The van der Waals surface area contributed by atoms with Gasteiger partial charge in [-0.1, -0.05) is 0 Å². The number of amides is 2. The molecule has 5 aliphatic rings. The van der Waals surface area contributed by atoms with E-state index in [9.17, 15) is 14.2 Å². The van der Waals surface area contributed by atoms with Crippen LogP contribution in [0.5, 0.6) is 0 Å². The van der Waals surface area contributed by atoms with Crippen molar-refractivity contribution in [2.45, 2.75) is 0 Å². The van der Waals surface area contributed by atoms with Gasteiger partial charge in [0.15, 0.2) is 0 Å². The van der Waals surface area contributed by atoms with Gasteiger partial charge in [0.05, 0.1) is 13.1 Å². The van der Waals surface area contributed by atoms with Crippen LogP contribution in [0.1, 0.15) is 0 Å². The Kier molecular flexibility index (Phi) is 5.01. The smallest absolute Gasteiger partial charge is 0.417 e. The summed E-state index contributed by atoms with van der Waals surface area (Å²) >= 11 is 5.74. The Bertz CT molecular complexity index is 475. The molecule has 0 N–H and O–H groups in total. The second kappa shape index (κ2) is 6.84. The third-order valence-electron chi connectivity index (χ3n) is 4.27. The van der Waals surface area contributed by atoms with Gasteiger partial charge in [-0.2, -0.15) is 0 Å². The van der Waals surface area contributed by atoms with Gasteiger partial charge in [-0.25, -0.2) is 18.9 Å². The van der Waals surface area contributed by atoms with Crippen LogP contribution in [0.2, 0.25) is 0 Å². The lowest BCUT2D eigenvalue weighted by atomic mass is 10.2. The van der Waals surface area contributed by atoms with Crippen LogP contribution in [0.4, 0.5) is 9.59 Å². The highest BCUT2D eigenvalue weighted by molar-refractivity contribution is 7.86. The number of fused-ring (bicyclic) bond motifs is 3. The molecule has 9 nitrogen and oxygen atoms in total. The molecule has 5 heterocycles. The van der Waals surface area contributed by atoms with Crippen molar-refractivity contribution in [3.05, 3.63) is 0 Å². The van der Waals surface area contributed by atoms with E-state index in [4.69, 9.17) is 11.2 Å². The van der Waals surface area contributed by atoms with E-state index in [1.165, 1.54) is 39.3 Å². The maximum absolute atomic E-state index is 12.1. The minimum atomic E-state index is -3.71. The van der Waals surface area contributed by atoms with Crippen LogP contribution in [0.3, 0.4) is 0 Å². The van der Waals surface area contributed by atoms with E-state index in [0.717, 1.165) is 9.34 Å². The van der Waals surface area contributed by atoms with Crippen LogP contribution in [-0.2, 0) is 14.0 Å². The van der Waals surface area contributed by atoms with E-state index in [1.54, 1.807) is 0 Å². The standard InChI is InChI=1S/C6H8ClN2O5P.C6H12N2/c7-15(12,8-1-3-13-5(8)10)9-2-4-14-6(9)11;1-2-8-5-3-7(1)4-6-8/h1-4H2;1-6H2. The van der Waals surface area contributed by atoms with Crippen molar-refractivity contribution in [3.8, 4) is 0 Å². The minimum absolute atomic E-state index is 0.114. The van der Waals surface area contributed by atoms with Crippen molar-refractivity contribution >= 4 is 30.2 Å². The normalized spacial score (nSPS) is 30.0. The zero-order chi connectivity index (χ0) is 16.4. The Morgan fingerprint density at radius 2 is 1.09 bits per heavy atom. The number of hydrogen-bond acceptors (Lipinski definition) is 7. The molecule has 11 heteroatoms. The summed E-state index contributed by atoms with van der Waals surface area (Å²) in [5.41, 5.74) is 0. The number of carbonyl (C=O) groups is 2. The Hall–Kier alpha value is -1.02. The molecule has 0 saturated carbocycles. The maximum atomic E-state index is 12.1. The number of carbonyl (C=O) groups excluding carboxylic acids is 2. The number of halogens is 1. The first-order chi connectivity index (χ1) is 11.0. The van der Waals surface area contributed by atoms with Crippen LogP contribution >= 0.6 is 18.0 Å². The van der Waals surface area contributed by atoms with Gasteiger partial charge >= 0.3 is 19.0 Å². The topological polar surface area (TPSA) is 82.6 Å². The molecule has 0 aliphatic carbocycles. The summed E-state index contributed by atoms with van der Waals surface area (Å²) in [6.07, 6.45) is -1.54. The first-order valence-corrected chi connectivity index (χ1v) is 10.1. The van der Waals surface area contributed by atoms with Crippen LogP contribution in [0, 0.1) is 0 Å². The van der Waals surface area contributed by atoms with Gasteiger partial charge in [-0.3, -0.25) is 14.4 Å². The predicted octanol–water partition coefficient (Wildman–Crippen LogP) is 0.855. The quantitative estimate of drug-likeness (QED) is 0.670. The highest BCUT2D eigenvalue weighted by Crippen LogP contribution is 2.59. The molecule has 2 bridgehead atoms. The van der Waals surface area contributed by atoms with Gasteiger partial charge < -0.3 is 9.47 Å². The van der Waals surface area contributed by atoms with Crippen LogP contribution in [0.25, 0.3) is 0 Å². The number of ether oxygens (including phenoxy) is 2. The molecule has 0 spiro atoms. The maximum Gasteiger partial charge on any atom is 0.417 e. The van der Waals surface area contributed by atoms with Crippen molar-refractivity contribution in [1.82, 2.24) is 19.1 Å². The van der Waals surface area contributed by atoms with Gasteiger partial charge in [0, 0.05) is 39.3 Å². The predicted molar refractivity (Wildman–Crippen MR) is 82.4 cm³/mol. The average molecular weight is 367 g/mol. The lowest BCUT2D eigenvalue weighted by Gasteiger charge is -2.41. The van der Waals surface area contributed by atoms with Crippen molar-refractivity contribution < 1.29 is 23.6 Å². The number of nitrogens with zero attached hydrogens (tertiary/aromatic N) is 4. The minimum Gasteiger partial charge on any atom is -0.447 e. The lowest BCUT2D eigenvalue weighted by molar-refractivity contribution is 0.0647. The molecule has 0 aromatic rings. The Labute approximate surface area is 139 Å². The van der Waals surface area contributed by atoms with E-state index >= 15 is 0 Å². The summed E-state index contributed by atoms with van der Waals surface area (Å²) in [4.78, 5) is 27.4. The highest BCUT2D eigenvalue weighted by atomic mass is 35.7. The fraction of sp³-hybridized carbons (Fsp3) is 0.833. The second-order valence-corrected chi connectivity index (χ2v) is 8.86. The van der Waals surface area contributed by atoms with Crippen LogP contribution < -0.4 is 0 Å². The van der Waals surface area contributed by atoms with Crippen molar-refractivity contribution in [2.75, 3.05) is 65.6 Å². The molecule has 0 aromatic heterocycles. The molecule has 2 amide bonds. The third-order valence-corrected chi connectivity index (χ3v) is 7.28. The highest BCUT2D eigenvalue weighted by Gasteiger charge is 2.47. The van der Waals surface area contributed by atoms with Gasteiger partial charge in [0.2, 0.25) is 0 Å².